The van der Waals surface area contributed by atoms with Crippen molar-refractivity contribution in [2.24, 2.45) is 99.1 Å². The van der Waals surface area contributed by atoms with Crippen LogP contribution in [0.5, 0.6) is 0 Å². The van der Waals surface area contributed by atoms with E-state index in [4.69, 9.17) is 9.47 Å². The van der Waals surface area contributed by atoms with Gasteiger partial charge in [-0.05, 0) is 178 Å². The molecule has 10 fully saturated rings. The topological polar surface area (TPSA) is 166 Å². The number of carbonyl (C=O) groups is 2. The zero-order chi connectivity index (χ0) is 53.3. The first-order chi connectivity index (χ1) is 37.8. The molecule has 9 bridgehead atoms. The van der Waals surface area contributed by atoms with Crippen LogP contribution in [-0.4, -0.2) is 92.6 Å². The van der Waals surface area contributed by atoms with E-state index in [-0.39, 0.29) is 60.7 Å². The third kappa shape index (κ3) is 6.39. The minimum absolute atomic E-state index is 0.120. The first-order valence-corrected chi connectivity index (χ1v) is 31.1. The molecule has 24 atom stereocenters. The van der Waals surface area contributed by atoms with Gasteiger partial charge in [-0.2, -0.15) is 0 Å². The van der Waals surface area contributed by atoms with Crippen molar-refractivity contribution in [3.05, 3.63) is 82.4 Å². The molecule has 10 nitrogen and oxygen atoms in total. The molecule has 14 aliphatic rings. The average molecular weight is 1060 g/mol. The van der Waals surface area contributed by atoms with Crippen molar-refractivity contribution in [3.63, 3.8) is 0 Å². The van der Waals surface area contributed by atoms with Gasteiger partial charge in [0.1, 0.15) is 23.6 Å². The van der Waals surface area contributed by atoms with Crippen molar-refractivity contribution >= 4 is 12.3 Å². The second-order valence-electron chi connectivity index (χ2n) is 28.4. The first-order valence-electron chi connectivity index (χ1n) is 31.1. The van der Waals surface area contributed by atoms with Gasteiger partial charge in [-0.25, -0.2) is 4.79 Å². The second kappa shape index (κ2) is 18.1. The zero-order valence-corrected chi connectivity index (χ0v) is 46.0. The highest BCUT2D eigenvalue weighted by molar-refractivity contribution is 5.86. The van der Waals surface area contributed by atoms with Crippen LogP contribution in [0.2, 0.25) is 0 Å². The van der Waals surface area contributed by atoms with Gasteiger partial charge in [-0.1, -0.05) is 92.8 Å². The number of ether oxygens (including phenoxy) is 2. The lowest BCUT2D eigenvalue weighted by atomic mass is 9.30. The van der Waals surface area contributed by atoms with Crippen molar-refractivity contribution in [1.29, 1.82) is 0 Å². The maximum Gasteiger partial charge on any atom is 0.331 e. The quantitative estimate of drug-likeness (QED) is 0.0944. The molecule has 10 heteroatoms. The van der Waals surface area contributed by atoms with Gasteiger partial charge in [0.2, 0.25) is 0 Å². The monoisotopic (exact) mass is 1060 g/mol. The van der Waals surface area contributed by atoms with Crippen molar-refractivity contribution < 1.29 is 44.6 Å². The first kappa shape index (κ1) is 51.1. The molecule has 2 aromatic carbocycles. The predicted octanol–water partition coefficient (Wildman–Crippen LogP) is 8.23. The number of hydrogen-bond acceptors (Lipinski definition) is 10. The van der Waals surface area contributed by atoms with E-state index in [9.17, 15) is 15.0 Å². The summed E-state index contributed by atoms with van der Waals surface area (Å²) in [6.07, 6.45) is 14.2. The highest BCUT2D eigenvalue weighted by atomic mass is 16.5. The zero-order valence-electron chi connectivity index (χ0n) is 46.0. The highest BCUT2D eigenvalue weighted by Gasteiger charge is 2.89. The smallest absolute Gasteiger partial charge is 0.331 e. The number of esters is 1. The molecule has 1 saturated heterocycles. The van der Waals surface area contributed by atoms with Gasteiger partial charge in [-0.15, -0.1) is 5.92 Å². The Bertz CT molecular complexity index is 2930. The van der Waals surface area contributed by atoms with Crippen LogP contribution >= 0.6 is 0 Å². The number of likely N-dealkylation sites (N-methyl/N-ethyl adjacent to an activating group) is 1. The van der Waals surface area contributed by atoms with Gasteiger partial charge >= 0.3 is 5.97 Å². The Balaban J connectivity index is 0.980. The second-order valence-corrected chi connectivity index (χ2v) is 28.4. The maximum absolute atomic E-state index is 15.8. The molecule has 12 aliphatic carbocycles. The van der Waals surface area contributed by atoms with E-state index in [2.05, 4.69) is 66.3 Å². The normalized spacial score (nSPS) is 50.4. The molecule has 0 unspecified atom stereocenters. The fraction of sp³-hybridized carbons (Fsp3) is 0.706. The lowest BCUT2D eigenvalue weighted by Crippen LogP contribution is -2.88. The van der Waals surface area contributed by atoms with Gasteiger partial charge in [0.25, 0.3) is 0 Å². The molecule has 2 spiro atoms. The summed E-state index contributed by atoms with van der Waals surface area (Å²) in [6, 6.07) is 16.7. The summed E-state index contributed by atoms with van der Waals surface area (Å²) >= 11 is 0. The third-order valence-corrected chi connectivity index (χ3v) is 26.7. The van der Waals surface area contributed by atoms with Crippen LogP contribution in [-0.2, 0) is 32.1 Å². The maximum atomic E-state index is 15.8. The standard InChI is InChI=1S/C68H83NO9/c1-38(39-12-6-7-13-39)42-21-23-54-62-65-36-64(37-71)60-43(18-11-20-48-47(40-14-4-3-5-15-40)22-24-53(65)50(48)30-46(65)25-27-77-62)33-63-26-9-8-16-41-17-10-19-44(35-70)49(41)31-56(69-2)51-28-45(58(63)52-32-57(72)78-59(51)52)34-66(63,74)68(60,76)61(73)55(29-42)67(54,64)75/h3-5,10,14-15,17,19,32,37-39,42-43,45-48,50-51,53-56,58-62,69-70,73-76H,6-7,9,12-13,20-31,33-36H2,1-2H3/t38-,42+,43+,45-,46-,47+,48+,50+,51-,53-,54-,55+,56-,58+,59+,60+,61+,62+,63+,64-,65+,66+,67+,68+/m0/s1. The molecule has 78 heavy (non-hydrogen) atoms. The van der Waals surface area contributed by atoms with E-state index >= 15 is 20.1 Å². The number of rotatable bonds is 6. The van der Waals surface area contributed by atoms with Crippen molar-refractivity contribution in [2.45, 2.75) is 183 Å². The Morgan fingerprint density at radius 2 is 1.68 bits per heavy atom. The summed E-state index contributed by atoms with van der Waals surface area (Å²) in [5, 5.41) is 74.2. The summed E-state index contributed by atoms with van der Waals surface area (Å²) in [4.78, 5) is 29.9. The van der Waals surface area contributed by atoms with E-state index in [1.54, 1.807) is 6.08 Å². The lowest BCUT2D eigenvalue weighted by Gasteiger charge is -2.76. The number of aliphatic hydroxyl groups excluding tert-OH is 2. The van der Waals surface area contributed by atoms with Crippen LogP contribution in [0.25, 0.3) is 0 Å². The number of hydrogen-bond donors (Lipinski definition) is 6. The molecule has 0 amide bonds. The molecule has 2 aliphatic heterocycles. The third-order valence-electron chi connectivity index (χ3n) is 26.7. The number of benzene rings is 2. The van der Waals surface area contributed by atoms with E-state index < -0.39 is 80.8 Å². The minimum atomic E-state index is -2.30. The summed E-state index contributed by atoms with van der Waals surface area (Å²) in [7, 11) is 1.94. The van der Waals surface area contributed by atoms with E-state index in [1.165, 1.54) is 18.4 Å². The van der Waals surface area contributed by atoms with Crippen LogP contribution in [0.15, 0.2) is 60.2 Å². The number of aldehydes is 1. The molecule has 16 rings (SSSR count). The summed E-state index contributed by atoms with van der Waals surface area (Å²) in [5.41, 5.74) is -4.47. The van der Waals surface area contributed by atoms with Gasteiger partial charge in [0, 0.05) is 77.5 Å². The molecule has 0 radical (unpaired) electrons. The van der Waals surface area contributed by atoms with E-state index in [1.807, 2.05) is 25.2 Å². The number of nitrogens with one attached hydrogen (secondary N) is 1. The lowest BCUT2D eigenvalue weighted by molar-refractivity contribution is -0.397. The molecular weight excluding hydrogens is 975 g/mol. The SMILES string of the molecule is CN[C@H]1Cc2c(cccc2CO)C#CCC[C@]23C[C@H]4C#CC[C@H]5[C@H]6C[C@@H]7CCO[C@@H]8[C@@H]9CC[C@@H]([C@@H](C)C%10CCCC%10)C[C@@H]%10[C@@H](O)[C@](O)([C@H]4[C@@](C=O)(C[C@]78[C@H]6CC[C@@H]5c4ccccc4)[C@]%109O)[C@@]2(O)C[C@@H]2C[C@@H]1[C@H]1OC(=O)C=C1[C@@H]23. The van der Waals surface area contributed by atoms with Crippen LogP contribution in [0.4, 0.5) is 0 Å². The summed E-state index contributed by atoms with van der Waals surface area (Å²) < 4.78 is 13.8. The van der Waals surface area contributed by atoms with Crippen molar-refractivity contribution in [2.75, 3.05) is 13.7 Å². The summed E-state index contributed by atoms with van der Waals surface area (Å²) in [6.45, 7) is 2.86. The number of aliphatic hydroxyl groups is 5. The number of carbonyl (C=O) groups excluding carboxylic acids is 2. The van der Waals surface area contributed by atoms with Crippen molar-refractivity contribution in [1.82, 2.24) is 5.32 Å². The molecule has 2 heterocycles. The molecule has 2 aromatic rings. The molecular formula is C68H83NO9. The molecule has 6 N–H and O–H groups in total. The van der Waals surface area contributed by atoms with E-state index in [0.29, 0.717) is 88.1 Å². The Labute approximate surface area is 461 Å². The van der Waals surface area contributed by atoms with Crippen LogP contribution in [0.3, 0.4) is 0 Å². The fourth-order valence-electron chi connectivity index (χ4n) is 24.1. The Kier molecular flexibility index (Phi) is 11.8. The fourth-order valence-corrected chi connectivity index (χ4v) is 24.1. The molecule has 414 valence electrons. The highest BCUT2D eigenvalue weighted by Crippen LogP contribution is 2.82. The Hall–Kier alpha value is -3.84. The van der Waals surface area contributed by atoms with Gasteiger partial charge in [-0.3, -0.25) is 0 Å². The van der Waals surface area contributed by atoms with Crippen LogP contribution in [0, 0.1) is 123 Å². The van der Waals surface area contributed by atoms with Gasteiger partial charge in [0.15, 0.2) is 0 Å². The van der Waals surface area contributed by atoms with Gasteiger partial charge < -0.3 is 45.1 Å². The van der Waals surface area contributed by atoms with E-state index in [0.717, 1.165) is 73.5 Å². The Morgan fingerprint density at radius 1 is 0.859 bits per heavy atom. The van der Waals surface area contributed by atoms with Crippen LogP contribution in [0.1, 0.15) is 151 Å². The summed E-state index contributed by atoms with van der Waals surface area (Å²) in [5.74, 6) is 12.7. The van der Waals surface area contributed by atoms with Crippen molar-refractivity contribution in [3.8, 4) is 23.7 Å². The average Bonchev–Trinajstić information content (AvgIpc) is 3.36. The van der Waals surface area contributed by atoms with Gasteiger partial charge in [0.05, 0.1) is 29.8 Å². The predicted molar refractivity (Wildman–Crippen MR) is 292 cm³/mol. The number of fused-ring (bicyclic) bond motifs is 5. The minimum Gasteiger partial charge on any atom is -0.454 e. The Morgan fingerprint density at radius 3 is 2.47 bits per heavy atom. The largest absolute Gasteiger partial charge is 0.454 e. The van der Waals surface area contributed by atoms with Crippen LogP contribution < -0.4 is 5.32 Å². The molecule has 0 aromatic heterocycles. The molecule has 9 saturated carbocycles.